The highest BCUT2D eigenvalue weighted by atomic mass is 16.3. The topological polar surface area (TPSA) is 38.7 Å². The normalized spacial score (nSPS) is 23.8. The Morgan fingerprint density at radius 1 is 1.24 bits per heavy atom. The molecule has 0 radical (unpaired) electrons. The van der Waals surface area contributed by atoms with Gasteiger partial charge in [-0.25, -0.2) is 0 Å². The Bertz CT molecular complexity index is 207. The van der Waals surface area contributed by atoms with Crippen LogP contribution in [0.4, 0.5) is 0 Å². The minimum Gasteiger partial charge on any atom is -0.395 e. The molecule has 102 valence electrons. The van der Waals surface area contributed by atoms with Crippen LogP contribution in [-0.4, -0.2) is 72.4 Å². The molecule has 1 aliphatic rings. The second-order valence-corrected chi connectivity index (χ2v) is 5.58. The molecule has 0 aliphatic carbocycles. The lowest BCUT2D eigenvalue weighted by atomic mass is 10.1. The first-order chi connectivity index (χ1) is 8.04. The van der Waals surface area contributed by atoms with E-state index in [0.717, 1.165) is 32.7 Å². The van der Waals surface area contributed by atoms with Gasteiger partial charge in [-0.05, 0) is 13.8 Å². The van der Waals surface area contributed by atoms with Crippen molar-refractivity contribution in [2.75, 3.05) is 39.3 Å². The van der Waals surface area contributed by atoms with Crippen molar-refractivity contribution < 1.29 is 5.11 Å². The zero-order valence-electron chi connectivity index (χ0n) is 11.8. The summed E-state index contributed by atoms with van der Waals surface area (Å²) in [5.41, 5.74) is 0. The first-order valence-electron chi connectivity index (χ1n) is 6.87. The Hall–Kier alpha value is -0.160. The molecule has 0 amide bonds. The average Bonchev–Trinajstić information content (AvgIpc) is 2.28. The average molecular weight is 243 g/mol. The van der Waals surface area contributed by atoms with Gasteiger partial charge in [-0.2, -0.15) is 0 Å². The third-order valence-corrected chi connectivity index (χ3v) is 3.47. The number of piperazine rings is 1. The Balaban J connectivity index is 2.32. The first-order valence-corrected chi connectivity index (χ1v) is 6.87. The van der Waals surface area contributed by atoms with Crippen molar-refractivity contribution in [1.29, 1.82) is 0 Å². The van der Waals surface area contributed by atoms with E-state index in [1.807, 2.05) is 0 Å². The minimum absolute atomic E-state index is 0.270. The maximum Gasteiger partial charge on any atom is 0.0599 e. The summed E-state index contributed by atoms with van der Waals surface area (Å²) in [5, 5.41) is 12.9. The van der Waals surface area contributed by atoms with Crippen LogP contribution in [0.1, 0.15) is 27.7 Å². The lowest BCUT2D eigenvalue weighted by Crippen LogP contribution is -2.57. The summed E-state index contributed by atoms with van der Waals surface area (Å²) >= 11 is 0. The van der Waals surface area contributed by atoms with Crippen LogP contribution in [0.3, 0.4) is 0 Å². The molecule has 0 aromatic heterocycles. The fourth-order valence-corrected chi connectivity index (χ4v) is 2.49. The summed E-state index contributed by atoms with van der Waals surface area (Å²) in [6.07, 6.45) is 0. The highest BCUT2D eigenvalue weighted by molar-refractivity contribution is 4.83. The van der Waals surface area contributed by atoms with E-state index >= 15 is 0 Å². The van der Waals surface area contributed by atoms with E-state index in [0.29, 0.717) is 18.1 Å². The Morgan fingerprint density at radius 3 is 2.47 bits per heavy atom. The first kappa shape index (κ1) is 14.9. The van der Waals surface area contributed by atoms with Gasteiger partial charge in [0.15, 0.2) is 0 Å². The largest absolute Gasteiger partial charge is 0.395 e. The van der Waals surface area contributed by atoms with Crippen molar-refractivity contribution in [2.24, 2.45) is 0 Å². The van der Waals surface area contributed by atoms with E-state index in [4.69, 9.17) is 0 Å². The zero-order chi connectivity index (χ0) is 12.8. The molecule has 17 heavy (non-hydrogen) atoms. The van der Waals surface area contributed by atoms with Crippen LogP contribution < -0.4 is 5.32 Å². The van der Waals surface area contributed by atoms with Crippen LogP contribution >= 0.6 is 0 Å². The zero-order valence-corrected chi connectivity index (χ0v) is 11.8. The quantitative estimate of drug-likeness (QED) is 0.707. The van der Waals surface area contributed by atoms with Crippen molar-refractivity contribution >= 4 is 0 Å². The number of rotatable bonds is 6. The fourth-order valence-electron chi connectivity index (χ4n) is 2.49. The Morgan fingerprint density at radius 2 is 1.94 bits per heavy atom. The number of hydrogen-bond acceptors (Lipinski definition) is 4. The number of hydrogen-bond donors (Lipinski definition) is 2. The number of aliphatic hydroxyl groups is 1. The van der Waals surface area contributed by atoms with E-state index in [2.05, 4.69) is 42.8 Å². The molecular formula is C13H29N3O. The molecule has 1 atom stereocenters. The summed E-state index contributed by atoms with van der Waals surface area (Å²) in [7, 11) is 0. The number of nitrogens with zero attached hydrogens (tertiary/aromatic N) is 2. The molecule has 0 spiro atoms. The Kier molecular flexibility index (Phi) is 6.41. The summed E-state index contributed by atoms with van der Waals surface area (Å²) in [6, 6.07) is 1.39. The van der Waals surface area contributed by atoms with Gasteiger partial charge >= 0.3 is 0 Å². The van der Waals surface area contributed by atoms with Crippen molar-refractivity contribution in [2.45, 2.75) is 45.8 Å². The summed E-state index contributed by atoms with van der Waals surface area (Å²) in [4.78, 5) is 4.86. The van der Waals surface area contributed by atoms with Crippen LogP contribution in [0, 0.1) is 0 Å². The van der Waals surface area contributed by atoms with Gasteiger partial charge in [0.2, 0.25) is 0 Å². The SMILES string of the molecule is CC(C)NCCN1CCN(C(C)C)[C@@H](CO)C1. The van der Waals surface area contributed by atoms with Gasteiger partial charge in [0.25, 0.3) is 0 Å². The van der Waals surface area contributed by atoms with Crippen LogP contribution in [0.2, 0.25) is 0 Å². The number of aliphatic hydroxyl groups excluding tert-OH is 1. The maximum absolute atomic E-state index is 9.46. The molecule has 4 heteroatoms. The number of nitrogens with one attached hydrogen (secondary N) is 1. The van der Waals surface area contributed by atoms with Gasteiger partial charge in [0, 0.05) is 50.8 Å². The molecule has 4 nitrogen and oxygen atoms in total. The van der Waals surface area contributed by atoms with E-state index in [1.54, 1.807) is 0 Å². The van der Waals surface area contributed by atoms with Crippen LogP contribution in [-0.2, 0) is 0 Å². The third kappa shape index (κ3) is 4.92. The maximum atomic E-state index is 9.46. The van der Waals surface area contributed by atoms with Crippen molar-refractivity contribution in [3.05, 3.63) is 0 Å². The summed E-state index contributed by atoms with van der Waals surface area (Å²) < 4.78 is 0. The predicted molar refractivity (Wildman–Crippen MR) is 72.3 cm³/mol. The molecule has 0 aromatic rings. The van der Waals surface area contributed by atoms with Crippen LogP contribution in [0.5, 0.6) is 0 Å². The molecule has 1 heterocycles. The van der Waals surface area contributed by atoms with E-state index in [9.17, 15) is 5.11 Å². The van der Waals surface area contributed by atoms with Gasteiger partial charge in [0.1, 0.15) is 0 Å². The minimum atomic E-state index is 0.270. The lowest BCUT2D eigenvalue weighted by molar-refractivity contribution is 0.0212. The lowest BCUT2D eigenvalue weighted by Gasteiger charge is -2.43. The molecule has 0 unspecified atom stereocenters. The molecule has 2 N–H and O–H groups in total. The highest BCUT2D eigenvalue weighted by Crippen LogP contribution is 2.12. The van der Waals surface area contributed by atoms with Gasteiger partial charge in [-0.15, -0.1) is 0 Å². The molecule has 0 bridgehead atoms. The van der Waals surface area contributed by atoms with Crippen LogP contribution in [0.15, 0.2) is 0 Å². The summed E-state index contributed by atoms with van der Waals surface area (Å²) in [6.45, 7) is 14.3. The second kappa shape index (κ2) is 7.31. The molecular weight excluding hydrogens is 214 g/mol. The van der Waals surface area contributed by atoms with Gasteiger partial charge in [-0.3, -0.25) is 9.80 Å². The molecule has 1 rings (SSSR count). The van der Waals surface area contributed by atoms with Crippen LogP contribution in [0.25, 0.3) is 0 Å². The standard InChI is InChI=1S/C13H29N3O/c1-11(2)14-5-6-15-7-8-16(12(3)4)13(9-15)10-17/h11-14,17H,5-10H2,1-4H3/t13-/m1/s1. The summed E-state index contributed by atoms with van der Waals surface area (Å²) in [5.74, 6) is 0. The van der Waals surface area contributed by atoms with E-state index < -0.39 is 0 Å². The van der Waals surface area contributed by atoms with Crippen molar-refractivity contribution in [3.8, 4) is 0 Å². The third-order valence-electron chi connectivity index (χ3n) is 3.47. The van der Waals surface area contributed by atoms with E-state index in [-0.39, 0.29) is 6.61 Å². The molecule has 0 saturated carbocycles. The Labute approximate surface area is 106 Å². The van der Waals surface area contributed by atoms with Gasteiger partial charge < -0.3 is 10.4 Å². The second-order valence-electron chi connectivity index (χ2n) is 5.58. The fraction of sp³-hybridized carbons (Fsp3) is 1.00. The highest BCUT2D eigenvalue weighted by Gasteiger charge is 2.27. The molecule has 0 aromatic carbocycles. The monoisotopic (exact) mass is 243 g/mol. The van der Waals surface area contributed by atoms with Gasteiger partial charge in [0.05, 0.1) is 6.61 Å². The smallest absolute Gasteiger partial charge is 0.0599 e. The van der Waals surface area contributed by atoms with E-state index in [1.165, 1.54) is 0 Å². The van der Waals surface area contributed by atoms with Crippen molar-refractivity contribution in [1.82, 2.24) is 15.1 Å². The molecule has 1 fully saturated rings. The van der Waals surface area contributed by atoms with Gasteiger partial charge in [-0.1, -0.05) is 13.8 Å². The van der Waals surface area contributed by atoms with Crippen molar-refractivity contribution in [3.63, 3.8) is 0 Å². The molecule has 1 saturated heterocycles. The predicted octanol–water partition coefficient (Wildman–Crippen LogP) is 0.371. The molecule has 1 aliphatic heterocycles.